The van der Waals surface area contributed by atoms with E-state index < -0.39 is 12.8 Å². The molecule has 0 radical (unpaired) electrons. The second-order valence-corrected chi connectivity index (χ2v) is 13.4. The van der Waals surface area contributed by atoms with Crippen LogP contribution in [0.15, 0.2) is 60.7 Å². The second kappa shape index (κ2) is 19.0. The van der Waals surface area contributed by atoms with Crippen LogP contribution >= 0.6 is 24.8 Å². The first-order chi connectivity index (χ1) is 23.9. The first kappa shape index (κ1) is 42.9. The average molecular weight is 772 g/mol. The lowest BCUT2D eigenvalue weighted by molar-refractivity contribution is -0.154. The molecule has 288 valence electrons. The molecule has 2 saturated heterocycles. The second-order valence-electron chi connectivity index (χ2n) is 13.4. The fourth-order valence-corrected chi connectivity index (χ4v) is 7.39. The van der Waals surface area contributed by atoms with Gasteiger partial charge in [0.25, 0.3) is 0 Å². The lowest BCUT2D eigenvalue weighted by Crippen LogP contribution is -2.68. The molecule has 10 nitrogen and oxygen atoms in total. The van der Waals surface area contributed by atoms with Gasteiger partial charge in [0.2, 0.25) is 11.8 Å². The maximum Gasteiger partial charge on any atom is 0.422 e. The summed E-state index contributed by atoms with van der Waals surface area (Å²) >= 11 is 0. The Labute approximate surface area is 317 Å². The molecular formula is C37H51Cl2F3N6O4. The zero-order valence-corrected chi connectivity index (χ0v) is 32.2. The van der Waals surface area contributed by atoms with Crippen LogP contribution in [-0.4, -0.2) is 119 Å². The van der Waals surface area contributed by atoms with Gasteiger partial charge < -0.3 is 24.0 Å². The number of aromatic nitrogens is 2. The number of carbonyl (C=O) groups is 1. The van der Waals surface area contributed by atoms with Gasteiger partial charge in [0.1, 0.15) is 0 Å². The monoisotopic (exact) mass is 770 g/mol. The van der Waals surface area contributed by atoms with Gasteiger partial charge >= 0.3 is 18.2 Å². The van der Waals surface area contributed by atoms with E-state index in [9.17, 15) is 18.0 Å². The minimum absolute atomic E-state index is 0. The third-order valence-electron chi connectivity index (χ3n) is 9.31. The minimum atomic E-state index is -4.57. The van der Waals surface area contributed by atoms with Crippen LogP contribution in [0, 0.1) is 0 Å². The minimum Gasteiger partial charge on any atom is -0.481 e. The number of methoxy groups -OCH3 is 1. The van der Waals surface area contributed by atoms with E-state index in [0.29, 0.717) is 38.3 Å². The van der Waals surface area contributed by atoms with Gasteiger partial charge in [-0.25, -0.2) is 4.79 Å². The smallest absolute Gasteiger partial charge is 0.422 e. The molecule has 52 heavy (non-hydrogen) atoms. The Morgan fingerprint density at radius 1 is 0.865 bits per heavy atom. The number of carbonyl (C=O) groups excluding carboxylic acids is 1. The van der Waals surface area contributed by atoms with Gasteiger partial charge in [-0.05, 0) is 45.7 Å². The third kappa shape index (κ3) is 10.3. The normalized spacial score (nSPS) is 18.0. The van der Waals surface area contributed by atoms with Crippen LogP contribution in [0.1, 0.15) is 57.2 Å². The predicted molar refractivity (Wildman–Crippen MR) is 199 cm³/mol. The van der Waals surface area contributed by atoms with Crippen molar-refractivity contribution in [3.63, 3.8) is 0 Å². The molecule has 0 unspecified atom stereocenters. The quantitative estimate of drug-likeness (QED) is 0.197. The van der Waals surface area contributed by atoms with Crippen LogP contribution in [0.2, 0.25) is 0 Å². The van der Waals surface area contributed by atoms with Crippen molar-refractivity contribution < 1.29 is 32.2 Å². The van der Waals surface area contributed by atoms with Gasteiger partial charge in [0, 0.05) is 69.4 Å². The Kier molecular flexibility index (Phi) is 15.7. The Balaban J connectivity index is 0.00000364. The van der Waals surface area contributed by atoms with Crippen molar-refractivity contribution in [3.8, 4) is 17.8 Å². The van der Waals surface area contributed by atoms with Crippen LogP contribution in [0.25, 0.3) is 0 Å². The highest BCUT2D eigenvalue weighted by atomic mass is 35.5. The fourth-order valence-electron chi connectivity index (χ4n) is 7.39. The van der Waals surface area contributed by atoms with Crippen LogP contribution in [0.3, 0.4) is 0 Å². The summed E-state index contributed by atoms with van der Waals surface area (Å²) in [6, 6.07) is 20.6. The molecule has 2 aliphatic rings. The number of ether oxygens (including phenoxy) is 3. The number of piperazine rings is 2. The molecule has 1 aromatic heterocycles. The summed E-state index contributed by atoms with van der Waals surface area (Å²) in [4.78, 5) is 31.1. The van der Waals surface area contributed by atoms with E-state index in [2.05, 4.69) is 44.0 Å². The first-order valence-electron chi connectivity index (χ1n) is 17.3. The number of halogens is 5. The zero-order chi connectivity index (χ0) is 36.0. The van der Waals surface area contributed by atoms with E-state index in [1.54, 1.807) is 6.92 Å². The van der Waals surface area contributed by atoms with Crippen molar-refractivity contribution >= 4 is 30.8 Å². The van der Waals surface area contributed by atoms with E-state index in [-0.39, 0.29) is 91.9 Å². The van der Waals surface area contributed by atoms with E-state index in [1.165, 1.54) is 7.11 Å². The summed E-state index contributed by atoms with van der Waals surface area (Å²) in [5.74, 6) is -0.163. The largest absolute Gasteiger partial charge is 0.481 e. The maximum atomic E-state index is 13.9. The SMILES string of the molecule is CCOc1nc(OC)c(CN2C[C@@H]3CN(C(=O)N(C(C)C)C(C)C)CCN3[C@H](C(c3ccccc3)c3ccccc3)C2)c(OCC(F)(F)F)n1.Cl.Cl. The maximum absolute atomic E-state index is 13.9. The molecule has 0 spiro atoms. The molecule has 2 aliphatic heterocycles. The number of hydrogen-bond acceptors (Lipinski definition) is 8. The Hall–Kier alpha value is -3.52. The van der Waals surface area contributed by atoms with Gasteiger partial charge in [-0.3, -0.25) is 9.80 Å². The van der Waals surface area contributed by atoms with E-state index in [0.717, 1.165) is 11.1 Å². The van der Waals surface area contributed by atoms with Gasteiger partial charge in [0.05, 0.1) is 19.3 Å². The molecule has 2 aromatic carbocycles. The molecule has 0 N–H and O–H groups in total. The molecule has 15 heteroatoms. The Morgan fingerprint density at radius 3 is 1.96 bits per heavy atom. The standard InChI is InChI=1S/C37H49F3N6O4.2ClH/c1-7-49-35-41-33(48-6)30(34(42-35)50-24-37(38,39)40)22-43-20-29-21-44(36(47)46(25(2)3)26(4)5)18-19-45(29)31(23-43)32(27-14-10-8-11-15-27)28-16-12-9-13-17-28;;/h8-17,25-26,29,31-32H,7,18-24H2,1-6H3;2*1H/t29-,31+;;/m1../s1. The zero-order valence-electron chi connectivity index (χ0n) is 30.6. The van der Waals surface area contributed by atoms with E-state index >= 15 is 0 Å². The molecule has 0 bridgehead atoms. The molecule has 2 fully saturated rings. The highest BCUT2D eigenvalue weighted by molar-refractivity contribution is 5.85. The lowest BCUT2D eigenvalue weighted by atomic mass is 9.81. The highest BCUT2D eigenvalue weighted by Crippen LogP contribution is 2.38. The fraction of sp³-hybridized carbons (Fsp3) is 0.541. The third-order valence-corrected chi connectivity index (χ3v) is 9.31. The van der Waals surface area contributed by atoms with Crippen molar-refractivity contribution in [1.82, 2.24) is 29.6 Å². The summed E-state index contributed by atoms with van der Waals surface area (Å²) in [6.07, 6.45) is -4.57. The number of rotatable bonds is 12. The summed E-state index contributed by atoms with van der Waals surface area (Å²) in [6.45, 7) is 11.6. The number of amides is 2. The number of fused-ring (bicyclic) bond motifs is 1. The van der Waals surface area contributed by atoms with Crippen molar-refractivity contribution in [1.29, 1.82) is 0 Å². The topological polar surface area (TPSA) is 83.5 Å². The number of nitrogens with zero attached hydrogens (tertiary/aromatic N) is 6. The molecule has 3 heterocycles. The lowest BCUT2D eigenvalue weighted by Gasteiger charge is -2.54. The summed E-state index contributed by atoms with van der Waals surface area (Å²) in [5, 5.41) is 0. The van der Waals surface area contributed by atoms with Crippen molar-refractivity contribution in [2.75, 3.05) is 53.0 Å². The van der Waals surface area contributed by atoms with Crippen LogP contribution in [0.4, 0.5) is 18.0 Å². The Morgan fingerprint density at radius 2 is 1.44 bits per heavy atom. The summed E-state index contributed by atoms with van der Waals surface area (Å²) < 4.78 is 56.5. The summed E-state index contributed by atoms with van der Waals surface area (Å²) in [7, 11) is 1.41. The van der Waals surface area contributed by atoms with Crippen molar-refractivity contribution in [2.45, 2.75) is 77.4 Å². The van der Waals surface area contributed by atoms with Gasteiger partial charge in [-0.2, -0.15) is 23.1 Å². The van der Waals surface area contributed by atoms with Crippen LogP contribution in [0.5, 0.6) is 17.8 Å². The van der Waals surface area contributed by atoms with Crippen LogP contribution in [-0.2, 0) is 6.54 Å². The number of alkyl halides is 3. The van der Waals surface area contributed by atoms with E-state index in [4.69, 9.17) is 14.2 Å². The molecular weight excluding hydrogens is 720 g/mol. The molecule has 0 saturated carbocycles. The predicted octanol–water partition coefficient (Wildman–Crippen LogP) is 6.91. The molecule has 5 rings (SSSR count). The molecule has 2 amide bonds. The van der Waals surface area contributed by atoms with Crippen molar-refractivity contribution in [3.05, 3.63) is 77.4 Å². The van der Waals surface area contributed by atoms with E-state index in [1.807, 2.05) is 73.9 Å². The number of hydrogen-bond donors (Lipinski definition) is 0. The first-order valence-corrected chi connectivity index (χ1v) is 17.3. The summed E-state index contributed by atoms with van der Waals surface area (Å²) in [5.41, 5.74) is 2.62. The van der Waals surface area contributed by atoms with Gasteiger partial charge in [-0.1, -0.05) is 60.7 Å². The van der Waals surface area contributed by atoms with Crippen molar-refractivity contribution in [2.24, 2.45) is 0 Å². The number of urea groups is 1. The molecule has 2 atom stereocenters. The van der Waals surface area contributed by atoms with Gasteiger partial charge in [0.15, 0.2) is 6.61 Å². The molecule has 0 aliphatic carbocycles. The average Bonchev–Trinajstić information content (AvgIpc) is 3.08. The number of benzene rings is 2. The molecule has 3 aromatic rings. The Bertz CT molecular complexity index is 1510. The highest BCUT2D eigenvalue weighted by Gasteiger charge is 2.44. The van der Waals surface area contributed by atoms with Crippen LogP contribution < -0.4 is 14.2 Å². The van der Waals surface area contributed by atoms with Gasteiger partial charge in [-0.15, -0.1) is 24.8 Å².